The number of benzene rings is 2. The average Bonchev–Trinajstić information content (AvgIpc) is 3.38. The van der Waals surface area contributed by atoms with Crippen molar-refractivity contribution in [1.29, 1.82) is 0 Å². The zero-order valence-electron chi connectivity index (χ0n) is 19.1. The molecule has 3 N–H and O–H groups in total. The molecule has 0 spiro atoms. The number of nitrogens with one attached hydrogen (secondary N) is 3. The Hall–Kier alpha value is -4.54. The molecule has 11 heteroatoms. The summed E-state index contributed by atoms with van der Waals surface area (Å²) >= 11 is 0. The molecule has 0 saturated carbocycles. The van der Waals surface area contributed by atoms with Crippen LogP contribution in [0.15, 0.2) is 60.8 Å². The number of ether oxygens (including phenoxy) is 1. The normalized spacial score (nSPS) is 12.7. The molecule has 1 fully saturated rings. The van der Waals surface area contributed by atoms with Crippen LogP contribution in [0.2, 0.25) is 0 Å². The lowest BCUT2D eigenvalue weighted by Crippen LogP contribution is -2.32. The minimum absolute atomic E-state index is 0.129. The van der Waals surface area contributed by atoms with Gasteiger partial charge in [-0.1, -0.05) is 0 Å². The summed E-state index contributed by atoms with van der Waals surface area (Å²) in [6, 6.07) is 11.7. The van der Waals surface area contributed by atoms with Crippen LogP contribution in [-0.4, -0.2) is 40.8 Å². The Labute approximate surface area is 205 Å². The molecule has 0 unspecified atom stereocenters. The summed E-state index contributed by atoms with van der Waals surface area (Å²) in [5.74, 6) is -1.80. The van der Waals surface area contributed by atoms with Crippen LogP contribution in [0.4, 0.5) is 30.8 Å². The highest BCUT2D eigenvalue weighted by Gasteiger charge is 2.18. The highest BCUT2D eigenvalue weighted by atomic mass is 19.1. The number of hydrogen-bond acceptors (Lipinski definition) is 5. The van der Waals surface area contributed by atoms with Crippen LogP contribution < -0.4 is 20.7 Å². The lowest BCUT2D eigenvalue weighted by molar-refractivity contribution is -0.123. The molecule has 0 atom stereocenters. The second-order valence-electron chi connectivity index (χ2n) is 8.02. The van der Waals surface area contributed by atoms with Gasteiger partial charge in [0, 0.05) is 37.1 Å². The van der Waals surface area contributed by atoms with Gasteiger partial charge in [0.05, 0.1) is 5.69 Å². The molecule has 0 bridgehead atoms. The maximum atomic E-state index is 14.6. The summed E-state index contributed by atoms with van der Waals surface area (Å²) in [4.78, 5) is 42.2. The van der Waals surface area contributed by atoms with Crippen LogP contribution in [0, 0.1) is 11.6 Å². The first-order chi connectivity index (χ1) is 17.4. The van der Waals surface area contributed by atoms with Gasteiger partial charge in [0.25, 0.3) is 0 Å². The molecule has 1 aromatic heterocycles. The molecule has 2 heterocycles. The molecule has 9 nitrogen and oxygen atoms in total. The molecule has 4 rings (SSSR count). The summed E-state index contributed by atoms with van der Waals surface area (Å²) in [5.41, 5.74) is 0.201. The number of carbonyl (C=O) groups is 3. The van der Waals surface area contributed by atoms with Gasteiger partial charge in [-0.15, -0.1) is 0 Å². The topological polar surface area (TPSA) is 113 Å². The summed E-state index contributed by atoms with van der Waals surface area (Å²) in [6.07, 6.45) is 2.83. The number of carbonyl (C=O) groups excluding carboxylic acids is 3. The number of pyridine rings is 1. The zero-order valence-corrected chi connectivity index (χ0v) is 19.1. The van der Waals surface area contributed by atoms with Crippen LogP contribution in [0.3, 0.4) is 0 Å². The molecule has 3 aromatic rings. The lowest BCUT2D eigenvalue weighted by atomic mass is 10.2. The van der Waals surface area contributed by atoms with Crippen LogP contribution in [0.25, 0.3) is 0 Å². The Kier molecular flexibility index (Phi) is 7.69. The maximum absolute atomic E-state index is 14.6. The Morgan fingerprint density at radius 1 is 0.861 bits per heavy atom. The molecular weight excluding hydrogens is 472 g/mol. The van der Waals surface area contributed by atoms with Gasteiger partial charge in [0.15, 0.2) is 0 Å². The number of hydrogen-bond donors (Lipinski definition) is 3. The fourth-order valence-corrected chi connectivity index (χ4v) is 3.53. The standard InChI is InChI=1S/C25H23F2N5O4/c26-16-3-5-17(6-4-16)29-23(33)15-24(34)30-21-8-7-18(13-20(21)27)36-19-9-10-28-22(14-19)31-25(35)32-11-1-2-12-32/h3-10,13-14H,1-2,11-12,15H2,(H,29,33)(H,30,34)(H,28,31,35). The first-order valence-electron chi connectivity index (χ1n) is 11.2. The summed E-state index contributed by atoms with van der Waals surface area (Å²) in [7, 11) is 0. The number of aromatic nitrogens is 1. The van der Waals surface area contributed by atoms with Gasteiger partial charge in [-0.3, -0.25) is 14.9 Å². The largest absolute Gasteiger partial charge is 0.457 e. The summed E-state index contributed by atoms with van der Waals surface area (Å²) < 4.78 is 33.2. The van der Waals surface area contributed by atoms with E-state index in [1.807, 2.05) is 0 Å². The minimum atomic E-state index is -0.767. The Bertz CT molecular complexity index is 1260. The van der Waals surface area contributed by atoms with Crippen molar-refractivity contribution in [3.8, 4) is 11.5 Å². The smallest absolute Gasteiger partial charge is 0.323 e. The average molecular weight is 495 g/mol. The first kappa shape index (κ1) is 24.6. The van der Waals surface area contributed by atoms with Crippen molar-refractivity contribution in [2.24, 2.45) is 0 Å². The van der Waals surface area contributed by atoms with E-state index in [1.165, 1.54) is 48.7 Å². The SMILES string of the molecule is O=C(CC(=O)Nc1ccc(Oc2ccnc(NC(=O)N3CCCC3)c2)cc1F)Nc1ccc(F)cc1. The predicted molar refractivity (Wildman–Crippen MR) is 129 cm³/mol. The van der Waals surface area contributed by atoms with E-state index in [4.69, 9.17) is 4.74 Å². The van der Waals surface area contributed by atoms with Crippen molar-refractivity contribution in [2.75, 3.05) is 29.0 Å². The second kappa shape index (κ2) is 11.3. The van der Waals surface area contributed by atoms with Crippen molar-refractivity contribution < 1.29 is 27.9 Å². The van der Waals surface area contributed by atoms with Gasteiger partial charge in [-0.05, 0) is 55.3 Å². The number of rotatable bonds is 7. The molecular formula is C25H23F2N5O4. The third-order valence-electron chi connectivity index (χ3n) is 5.26. The molecule has 0 radical (unpaired) electrons. The zero-order chi connectivity index (χ0) is 25.5. The van der Waals surface area contributed by atoms with E-state index in [9.17, 15) is 23.2 Å². The lowest BCUT2D eigenvalue weighted by Gasteiger charge is -2.16. The number of nitrogens with zero attached hydrogens (tertiary/aromatic N) is 2. The van der Waals surface area contributed by atoms with Crippen molar-refractivity contribution in [3.63, 3.8) is 0 Å². The third-order valence-corrected chi connectivity index (χ3v) is 5.26. The highest BCUT2D eigenvalue weighted by molar-refractivity contribution is 6.08. The van der Waals surface area contributed by atoms with E-state index in [0.717, 1.165) is 18.9 Å². The maximum Gasteiger partial charge on any atom is 0.323 e. The molecule has 186 valence electrons. The van der Waals surface area contributed by atoms with E-state index in [-0.39, 0.29) is 17.5 Å². The Balaban J connectivity index is 1.31. The van der Waals surface area contributed by atoms with E-state index in [1.54, 1.807) is 11.0 Å². The van der Waals surface area contributed by atoms with E-state index in [0.29, 0.717) is 30.3 Å². The molecule has 0 aliphatic carbocycles. The van der Waals surface area contributed by atoms with Gasteiger partial charge in [0.1, 0.15) is 35.4 Å². The van der Waals surface area contributed by atoms with Crippen molar-refractivity contribution in [3.05, 3.63) is 72.4 Å². The second-order valence-corrected chi connectivity index (χ2v) is 8.02. The van der Waals surface area contributed by atoms with E-state index >= 15 is 0 Å². The highest BCUT2D eigenvalue weighted by Crippen LogP contribution is 2.27. The van der Waals surface area contributed by atoms with Gasteiger partial charge in [-0.25, -0.2) is 18.6 Å². The van der Waals surface area contributed by atoms with Crippen LogP contribution >= 0.6 is 0 Å². The molecule has 1 aliphatic rings. The number of anilines is 3. The van der Waals surface area contributed by atoms with Gasteiger partial charge >= 0.3 is 6.03 Å². The third kappa shape index (κ3) is 6.75. The summed E-state index contributed by atoms with van der Waals surface area (Å²) in [5, 5.41) is 7.50. The summed E-state index contributed by atoms with van der Waals surface area (Å²) in [6.45, 7) is 1.40. The van der Waals surface area contributed by atoms with Gasteiger partial charge < -0.3 is 20.3 Å². The van der Waals surface area contributed by atoms with E-state index < -0.39 is 29.9 Å². The van der Waals surface area contributed by atoms with Crippen molar-refractivity contribution >= 4 is 35.0 Å². The fraction of sp³-hybridized carbons (Fsp3) is 0.200. The predicted octanol–water partition coefficient (Wildman–Crippen LogP) is 4.75. The van der Waals surface area contributed by atoms with Crippen molar-refractivity contribution in [1.82, 2.24) is 9.88 Å². The first-order valence-corrected chi connectivity index (χ1v) is 11.2. The Morgan fingerprint density at radius 2 is 1.56 bits per heavy atom. The monoisotopic (exact) mass is 495 g/mol. The molecule has 1 aliphatic heterocycles. The van der Waals surface area contributed by atoms with Gasteiger partial charge in [-0.2, -0.15) is 0 Å². The number of amides is 4. The molecule has 1 saturated heterocycles. The fourth-order valence-electron chi connectivity index (χ4n) is 3.53. The molecule has 4 amide bonds. The molecule has 36 heavy (non-hydrogen) atoms. The number of urea groups is 1. The van der Waals surface area contributed by atoms with Crippen LogP contribution in [0.1, 0.15) is 19.3 Å². The van der Waals surface area contributed by atoms with Crippen molar-refractivity contribution in [2.45, 2.75) is 19.3 Å². The Morgan fingerprint density at radius 3 is 2.28 bits per heavy atom. The molecule has 2 aromatic carbocycles. The quantitative estimate of drug-likeness (QED) is 0.410. The van der Waals surface area contributed by atoms with Crippen LogP contribution in [-0.2, 0) is 9.59 Å². The number of likely N-dealkylation sites (tertiary alicyclic amines) is 1. The van der Waals surface area contributed by atoms with Crippen LogP contribution in [0.5, 0.6) is 11.5 Å². The number of halogens is 2. The van der Waals surface area contributed by atoms with E-state index in [2.05, 4.69) is 20.9 Å². The minimum Gasteiger partial charge on any atom is -0.457 e. The van der Waals surface area contributed by atoms with Gasteiger partial charge in [0.2, 0.25) is 11.8 Å².